The number of rotatable bonds is 5. The Labute approximate surface area is 115 Å². The second kappa shape index (κ2) is 7.48. The molecule has 0 spiro atoms. The summed E-state index contributed by atoms with van der Waals surface area (Å²) < 4.78 is 4.61. The molecule has 1 fully saturated rings. The molecule has 1 aliphatic carbocycles. The summed E-state index contributed by atoms with van der Waals surface area (Å²) >= 11 is 0. The van der Waals surface area contributed by atoms with Gasteiger partial charge in [-0.15, -0.1) is 0 Å². The largest absolute Gasteiger partial charge is 0.467 e. The van der Waals surface area contributed by atoms with Gasteiger partial charge in [0.05, 0.1) is 7.11 Å². The van der Waals surface area contributed by atoms with E-state index in [4.69, 9.17) is 5.73 Å². The number of nitrogens with two attached hydrogens (primary N) is 1. The number of methoxy groups -OCH3 is 1. The van der Waals surface area contributed by atoms with Crippen molar-refractivity contribution in [1.29, 1.82) is 0 Å². The SMILES string of the molecule is CC[C@@H](C(=O)N[C@H](C)C(=O)OC)[C@H]1CCCC[C@H]1N. The molecule has 3 N–H and O–H groups in total. The van der Waals surface area contributed by atoms with Crippen molar-refractivity contribution in [3.8, 4) is 0 Å². The first kappa shape index (κ1) is 16.0. The zero-order valence-electron chi connectivity index (χ0n) is 12.1. The molecule has 5 nitrogen and oxygen atoms in total. The average molecular weight is 270 g/mol. The van der Waals surface area contributed by atoms with Crippen LogP contribution in [0.2, 0.25) is 0 Å². The van der Waals surface area contributed by atoms with Gasteiger partial charge in [-0.2, -0.15) is 0 Å². The van der Waals surface area contributed by atoms with Gasteiger partial charge in [0.1, 0.15) is 6.04 Å². The Morgan fingerprint density at radius 2 is 2.00 bits per heavy atom. The van der Waals surface area contributed by atoms with E-state index < -0.39 is 12.0 Å². The molecule has 0 radical (unpaired) electrons. The summed E-state index contributed by atoms with van der Waals surface area (Å²) in [6, 6.07) is -0.510. The molecule has 0 unspecified atom stereocenters. The number of esters is 1. The summed E-state index contributed by atoms with van der Waals surface area (Å²) in [7, 11) is 1.32. The van der Waals surface area contributed by atoms with Crippen molar-refractivity contribution in [2.45, 2.75) is 58.0 Å². The van der Waals surface area contributed by atoms with Crippen LogP contribution in [-0.4, -0.2) is 31.1 Å². The number of hydrogen-bond acceptors (Lipinski definition) is 4. The van der Waals surface area contributed by atoms with Crippen LogP contribution in [0.4, 0.5) is 0 Å². The zero-order chi connectivity index (χ0) is 14.4. The molecular weight excluding hydrogens is 244 g/mol. The molecule has 0 aromatic heterocycles. The Bertz CT molecular complexity index is 320. The van der Waals surface area contributed by atoms with Gasteiger partial charge in [-0.3, -0.25) is 4.79 Å². The molecule has 0 aliphatic heterocycles. The molecule has 0 aromatic carbocycles. The van der Waals surface area contributed by atoms with Crippen molar-refractivity contribution in [3.63, 3.8) is 0 Å². The quantitative estimate of drug-likeness (QED) is 0.736. The lowest BCUT2D eigenvalue weighted by atomic mass is 9.75. The molecular formula is C14H26N2O3. The molecule has 0 aromatic rings. The van der Waals surface area contributed by atoms with Crippen molar-refractivity contribution in [2.75, 3.05) is 7.11 Å². The smallest absolute Gasteiger partial charge is 0.328 e. The average Bonchev–Trinajstić information content (AvgIpc) is 2.40. The number of hydrogen-bond donors (Lipinski definition) is 2. The highest BCUT2D eigenvalue weighted by Crippen LogP contribution is 2.31. The summed E-state index contributed by atoms with van der Waals surface area (Å²) in [5.74, 6) is -0.384. The van der Waals surface area contributed by atoms with Gasteiger partial charge in [0, 0.05) is 12.0 Å². The minimum Gasteiger partial charge on any atom is -0.467 e. The molecule has 1 aliphatic rings. The maximum absolute atomic E-state index is 12.3. The molecule has 0 bridgehead atoms. The Morgan fingerprint density at radius 3 is 2.53 bits per heavy atom. The maximum Gasteiger partial charge on any atom is 0.328 e. The lowest BCUT2D eigenvalue weighted by Crippen LogP contribution is -2.48. The molecule has 1 saturated carbocycles. The highest BCUT2D eigenvalue weighted by molar-refractivity contribution is 5.85. The van der Waals surface area contributed by atoms with Crippen LogP contribution < -0.4 is 11.1 Å². The van der Waals surface area contributed by atoms with Gasteiger partial charge in [-0.05, 0) is 32.1 Å². The fourth-order valence-corrected chi connectivity index (χ4v) is 2.93. The number of carbonyl (C=O) groups is 2. The van der Waals surface area contributed by atoms with Gasteiger partial charge in [-0.1, -0.05) is 19.8 Å². The first-order valence-corrected chi connectivity index (χ1v) is 7.15. The van der Waals surface area contributed by atoms with Crippen LogP contribution in [-0.2, 0) is 14.3 Å². The minimum atomic E-state index is -0.605. The standard InChI is InChI=1S/C14H26N2O3/c1-4-10(11-7-5-6-8-12(11)15)13(17)16-9(2)14(18)19-3/h9-12H,4-8,15H2,1-3H3,(H,16,17)/t9-,10-,11-,12-/m1/s1. The summed E-state index contributed by atoms with van der Waals surface area (Å²) in [5.41, 5.74) is 6.14. The summed E-state index contributed by atoms with van der Waals surface area (Å²) in [4.78, 5) is 23.6. The predicted molar refractivity (Wildman–Crippen MR) is 73.3 cm³/mol. The fraction of sp³-hybridized carbons (Fsp3) is 0.857. The highest BCUT2D eigenvalue weighted by Gasteiger charge is 2.34. The summed E-state index contributed by atoms with van der Waals surface area (Å²) in [6.07, 6.45) is 5.02. The van der Waals surface area contributed by atoms with Crippen LogP contribution in [0.5, 0.6) is 0 Å². The zero-order valence-corrected chi connectivity index (χ0v) is 12.1. The Morgan fingerprint density at radius 1 is 1.37 bits per heavy atom. The van der Waals surface area contributed by atoms with E-state index in [-0.39, 0.29) is 23.8 Å². The maximum atomic E-state index is 12.3. The van der Waals surface area contributed by atoms with Gasteiger partial charge in [0.25, 0.3) is 0 Å². The van der Waals surface area contributed by atoms with Crippen molar-refractivity contribution < 1.29 is 14.3 Å². The molecule has 0 heterocycles. The normalized spacial score (nSPS) is 26.3. The molecule has 1 rings (SSSR count). The van der Waals surface area contributed by atoms with E-state index in [1.165, 1.54) is 7.11 Å². The van der Waals surface area contributed by atoms with Crippen LogP contribution in [0.1, 0.15) is 46.0 Å². The fourth-order valence-electron chi connectivity index (χ4n) is 2.93. The molecule has 5 heteroatoms. The van der Waals surface area contributed by atoms with Crippen LogP contribution in [0.3, 0.4) is 0 Å². The van der Waals surface area contributed by atoms with Gasteiger partial charge >= 0.3 is 5.97 Å². The summed E-state index contributed by atoms with van der Waals surface area (Å²) in [6.45, 7) is 3.63. The monoisotopic (exact) mass is 270 g/mol. The first-order valence-electron chi connectivity index (χ1n) is 7.15. The van der Waals surface area contributed by atoms with Crippen LogP contribution in [0.15, 0.2) is 0 Å². The van der Waals surface area contributed by atoms with Crippen molar-refractivity contribution in [3.05, 3.63) is 0 Å². The predicted octanol–water partition coefficient (Wildman–Crippen LogP) is 1.21. The third-order valence-electron chi connectivity index (χ3n) is 4.08. The molecule has 0 saturated heterocycles. The first-order chi connectivity index (χ1) is 9.01. The van der Waals surface area contributed by atoms with E-state index in [1.807, 2.05) is 6.92 Å². The van der Waals surface area contributed by atoms with Gasteiger partial charge < -0.3 is 15.8 Å². The topological polar surface area (TPSA) is 81.4 Å². The molecule has 4 atom stereocenters. The van der Waals surface area contributed by atoms with Crippen molar-refractivity contribution in [2.24, 2.45) is 17.6 Å². The van der Waals surface area contributed by atoms with Gasteiger partial charge in [0.15, 0.2) is 0 Å². The highest BCUT2D eigenvalue weighted by atomic mass is 16.5. The molecule has 1 amide bonds. The third-order valence-corrected chi connectivity index (χ3v) is 4.08. The lowest BCUT2D eigenvalue weighted by molar-refractivity contribution is -0.145. The number of carbonyl (C=O) groups excluding carboxylic acids is 2. The van der Waals surface area contributed by atoms with Crippen LogP contribution >= 0.6 is 0 Å². The lowest BCUT2D eigenvalue weighted by Gasteiger charge is -2.34. The van der Waals surface area contributed by atoms with E-state index in [0.717, 1.165) is 32.1 Å². The molecule has 19 heavy (non-hydrogen) atoms. The molecule has 110 valence electrons. The van der Waals surface area contributed by atoms with Crippen molar-refractivity contribution in [1.82, 2.24) is 5.32 Å². The number of nitrogens with one attached hydrogen (secondary N) is 1. The second-order valence-corrected chi connectivity index (χ2v) is 5.38. The van der Waals surface area contributed by atoms with E-state index >= 15 is 0 Å². The summed E-state index contributed by atoms with van der Waals surface area (Å²) in [5, 5.41) is 2.73. The Balaban J connectivity index is 2.63. The van der Waals surface area contributed by atoms with Crippen LogP contribution in [0, 0.1) is 11.8 Å². The van der Waals surface area contributed by atoms with Gasteiger partial charge in [0.2, 0.25) is 5.91 Å². The van der Waals surface area contributed by atoms with Crippen LogP contribution in [0.25, 0.3) is 0 Å². The Hall–Kier alpha value is -1.10. The third kappa shape index (κ3) is 4.20. The second-order valence-electron chi connectivity index (χ2n) is 5.38. The van der Waals surface area contributed by atoms with Crippen molar-refractivity contribution >= 4 is 11.9 Å². The number of amides is 1. The van der Waals surface area contributed by atoms with E-state index in [9.17, 15) is 9.59 Å². The minimum absolute atomic E-state index is 0.0808. The Kier molecular flexibility index (Phi) is 6.28. The van der Waals surface area contributed by atoms with E-state index in [0.29, 0.717) is 0 Å². The van der Waals surface area contributed by atoms with E-state index in [1.54, 1.807) is 6.92 Å². The van der Waals surface area contributed by atoms with E-state index in [2.05, 4.69) is 10.1 Å². The van der Waals surface area contributed by atoms with Gasteiger partial charge in [-0.25, -0.2) is 4.79 Å². The number of ether oxygens (including phenoxy) is 1.